The van der Waals surface area contributed by atoms with Gasteiger partial charge < -0.3 is 4.74 Å². The summed E-state index contributed by atoms with van der Waals surface area (Å²) in [6.45, 7) is 1.50. The SMILES string of the molecule is COc1ccccc1S(=O)CCC(C)=O. The summed E-state index contributed by atoms with van der Waals surface area (Å²) < 4.78 is 16.9. The fraction of sp³-hybridized carbons (Fsp3) is 0.364. The lowest BCUT2D eigenvalue weighted by molar-refractivity contribution is -0.116. The molecular weight excluding hydrogens is 212 g/mol. The number of para-hydroxylation sites is 1. The molecule has 4 heteroatoms. The Morgan fingerprint density at radius 1 is 1.40 bits per heavy atom. The van der Waals surface area contributed by atoms with Crippen molar-refractivity contribution in [2.45, 2.75) is 18.2 Å². The van der Waals surface area contributed by atoms with Gasteiger partial charge in [0.2, 0.25) is 0 Å². The van der Waals surface area contributed by atoms with Crippen LogP contribution in [-0.2, 0) is 15.6 Å². The Labute approximate surface area is 91.9 Å². The number of rotatable bonds is 5. The summed E-state index contributed by atoms with van der Waals surface area (Å²) >= 11 is 0. The van der Waals surface area contributed by atoms with Crippen molar-refractivity contribution >= 4 is 16.6 Å². The van der Waals surface area contributed by atoms with E-state index in [2.05, 4.69) is 0 Å². The van der Waals surface area contributed by atoms with Gasteiger partial charge in [0, 0.05) is 12.2 Å². The van der Waals surface area contributed by atoms with Crippen LogP contribution in [0.25, 0.3) is 0 Å². The van der Waals surface area contributed by atoms with Crippen LogP contribution >= 0.6 is 0 Å². The van der Waals surface area contributed by atoms with Crippen LogP contribution < -0.4 is 4.74 Å². The molecule has 0 bridgehead atoms. The molecule has 0 spiro atoms. The Morgan fingerprint density at radius 2 is 2.07 bits per heavy atom. The second-order valence-corrected chi connectivity index (χ2v) is 4.69. The average molecular weight is 226 g/mol. The molecule has 1 unspecified atom stereocenters. The van der Waals surface area contributed by atoms with Crippen LogP contribution in [0.3, 0.4) is 0 Å². The van der Waals surface area contributed by atoms with Gasteiger partial charge in [-0.25, -0.2) is 0 Å². The summed E-state index contributed by atoms with van der Waals surface area (Å²) in [5.41, 5.74) is 0. The van der Waals surface area contributed by atoms with E-state index in [0.29, 0.717) is 22.8 Å². The maximum absolute atomic E-state index is 11.8. The molecule has 0 saturated carbocycles. The Balaban J connectivity index is 2.77. The number of hydrogen-bond acceptors (Lipinski definition) is 3. The smallest absolute Gasteiger partial charge is 0.134 e. The molecule has 0 amide bonds. The van der Waals surface area contributed by atoms with Gasteiger partial charge in [0.1, 0.15) is 11.5 Å². The summed E-state index contributed by atoms with van der Waals surface area (Å²) in [4.78, 5) is 11.4. The van der Waals surface area contributed by atoms with E-state index in [-0.39, 0.29) is 5.78 Å². The van der Waals surface area contributed by atoms with Crippen molar-refractivity contribution in [3.05, 3.63) is 24.3 Å². The molecule has 0 fully saturated rings. The monoisotopic (exact) mass is 226 g/mol. The van der Waals surface area contributed by atoms with Gasteiger partial charge in [0.25, 0.3) is 0 Å². The Bertz CT molecular complexity index is 374. The van der Waals surface area contributed by atoms with Crippen molar-refractivity contribution in [2.75, 3.05) is 12.9 Å². The number of hydrogen-bond donors (Lipinski definition) is 0. The van der Waals surface area contributed by atoms with E-state index in [9.17, 15) is 9.00 Å². The van der Waals surface area contributed by atoms with Gasteiger partial charge in [-0.3, -0.25) is 9.00 Å². The van der Waals surface area contributed by atoms with Gasteiger partial charge in [-0.05, 0) is 19.1 Å². The zero-order chi connectivity index (χ0) is 11.3. The van der Waals surface area contributed by atoms with E-state index < -0.39 is 10.8 Å². The standard InChI is InChI=1S/C11H14O3S/c1-9(12)7-8-15(13)11-6-4-3-5-10(11)14-2/h3-6H,7-8H2,1-2H3. The third-order valence-electron chi connectivity index (χ3n) is 1.95. The van der Waals surface area contributed by atoms with Crippen molar-refractivity contribution in [3.8, 4) is 5.75 Å². The highest BCUT2D eigenvalue weighted by molar-refractivity contribution is 7.85. The van der Waals surface area contributed by atoms with E-state index in [1.807, 2.05) is 12.1 Å². The van der Waals surface area contributed by atoms with Crippen molar-refractivity contribution in [1.29, 1.82) is 0 Å². The fourth-order valence-electron chi connectivity index (χ4n) is 1.15. The van der Waals surface area contributed by atoms with Crippen LogP contribution in [0.1, 0.15) is 13.3 Å². The minimum atomic E-state index is -1.16. The quantitative estimate of drug-likeness (QED) is 0.768. The molecule has 1 aromatic rings. The van der Waals surface area contributed by atoms with Crippen LogP contribution in [0.15, 0.2) is 29.2 Å². The molecule has 1 atom stereocenters. The number of ether oxygens (including phenoxy) is 1. The number of carbonyl (C=O) groups is 1. The molecule has 82 valence electrons. The van der Waals surface area contributed by atoms with Crippen molar-refractivity contribution in [3.63, 3.8) is 0 Å². The highest BCUT2D eigenvalue weighted by Crippen LogP contribution is 2.21. The number of benzene rings is 1. The van der Waals surface area contributed by atoms with E-state index in [0.717, 1.165) is 0 Å². The van der Waals surface area contributed by atoms with Crippen LogP contribution in [0.5, 0.6) is 5.75 Å². The van der Waals surface area contributed by atoms with Crippen LogP contribution in [0.2, 0.25) is 0 Å². The van der Waals surface area contributed by atoms with Gasteiger partial charge in [-0.2, -0.15) is 0 Å². The zero-order valence-corrected chi connectivity index (χ0v) is 9.67. The average Bonchev–Trinajstić information content (AvgIpc) is 2.25. The first-order chi connectivity index (χ1) is 7.15. The van der Waals surface area contributed by atoms with E-state index >= 15 is 0 Å². The van der Waals surface area contributed by atoms with Crippen LogP contribution in [0, 0.1) is 0 Å². The Morgan fingerprint density at radius 3 is 2.67 bits per heavy atom. The number of methoxy groups -OCH3 is 1. The summed E-state index contributed by atoms with van der Waals surface area (Å²) in [7, 11) is 0.381. The molecular formula is C11H14O3S. The molecule has 0 aliphatic carbocycles. The summed E-state index contributed by atoms with van der Waals surface area (Å²) in [6.07, 6.45) is 0.338. The molecule has 1 rings (SSSR count). The lowest BCUT2D eigenvalue weighted by Gasteiger charge is -2.06. The molecule has 15 heavy (non-hydrogen) atoms. The highest BCUT2D eigenvalue weighted by Gasteiger charge is 2.10. The lowest BCUT2D eigenvalue weighted by Crippen LogP contribution is -2.04. The minimum absolute atomic E-state index is 0.0539. The summed E-state index contributed by atoms with van der Waals surface area (Å²) in [5.74, 6) is 1.02. The number of ketones is 1. The summed E-state index contributed by atoms with van der Waals surface area (Å²) in [5, 5.41) is 0. The molecule has 3 nitrogen and oxygen atoms in total. The van der Waals surface area contributed by atoms with Gasteiger partial charge in [-0.1, -0.05) is 12.1 Å². The van der Waals surface area contributed by atoms with Crippen molar-refractivity contribution in [2.24, 2.45) is 0 Å². The number of Topliss-reactive ketones (excluding diaryl/α,β-unsaturated/α-hetero) is 1. The van der Waals surface area contributed by atoms with Crippen molar-refractivity contribution < 1.29 is 13.7 Å². The number of carbonyl (C=O) groups excluding carboxylic acids is 1. The van der Waals surface area contributed by atoms with Crippen LogP contribution in [-0.4, -0.2) is 22.9 Å². The first-order valence-corrected chi connectivity index (χ1v) is 5.98. The second-order valence-electron chi connectivity index (χ2n) is 3.15. The normalized spacial score (nSPS) is 12.1. The predicted molar refractivity (Wildman–Crippen MR) is 59.6 cm³/mol. The van der Waals surface area contributed by atoms with Gasteiger partial charge >= 0.3 is 0 Å². The first-order valence-electron chi connectivity index (χ1n) is 4.66. The molecule has 0 heterocycles. The van der Waals surface area contributed by atoms with Gasteiger partial charge in [0.15, 0.2) is 0 Å². The van der Waals surface area contributed by atoms with E-state index in [1.54, 1.807) is 19.2 Å². The topological polar surface area (TPSA) is 43.4 Å². The summed E-state index contributed by atoms with van der Waals surface area (Å²) in [6, 6.07) is 7.16. The van der Waals surface area contributed by atoms with E-state index in [4.69, 9.17) is 4.74 Å². The molecule has 1 aromatic carbocycles. The zero-order valence-electron chi connectivity index (χ0n) is 8.86. The third-order valence-corrected chi connectivity index (χ3v) is 3.36. The molecule has 0 aliphatic heterocycles. The Kier molecular flexibility index (Phi) is 4.49. The first kappa shape index (κ1) is 11.9. The van der Waals surface area contributed by atoms with Crippen molar-refractivity contribution in [1.82, 2.24) is 0 Å². The second kappa shape index (κ2) is 5.66. The Hall–Kier alpha value is -1.16. The van der Waals surface area contributed by atoms with Crippen LogP contribution in [0.4, 0.5) is 0 Å². The molecule has 0 radical (unpaired) electrons. The maximum atomic E-state index is 11.8. The third kappa shape index (κ3) is 3.47. The molecule has 0 saturated heterocycles. The largest absolute Gasteiger partial charge is 0.495 e. The highest BCUT2D eigenvalue weighted by atomic mass is 32.2. The molecule has 0 N–H and O–H groups in total. The molecule has 0 aliphatic rings. The van der Waals surface area contributed by atoms with E-state index in [1.165, 1.54) is 6.92 Å². The predicted octanol–water partition coefficient (Wildman–Crippen LogP) is 1.78. The van der Waals surface area contributed by atoms with Gasteiger partial charge in [-0.15, -0.1) is 0 Å². The minimum Gasteiger partial charge on any atom is -0.495 e. The molecule has 0 aromatic heterocycles. The van der Waals surface area contributed by atoms with Gasteiger partial charge in [0.05, 0.1) is 22.8 Å². The lowest BCUT2D eigenvalue weighted by atomic mass is 10.3. The maximum Gasteiger partial charge on any atom is 0.134 e. The fourth-order valence-corrected chi connectivity index (χ4v) is 2.45.